The lowest BCUT2D eigenvalue weighted by molar-refractivity contribution is 0.566. The summed E-state index contributed by atoms with van der Waals surface area (Å²) in [5.74, 6) is 4.07. The van der Waals surface area contributed by atoms with Crippen LogP contribution in [0.25, 0.3) is 0 Å². The molecule has 0 aliphatic carbocycles. The summed E-state index contributed by atoms with van der Waals surface area (Å²) < 4.78 is 0. The molecule has 4 nitrogen and oxygen atoms in total. The van der Waals surface area contributed by atoms with Crippen LogP contribution in [0.15, 0.2) is 0 Å². The molecule has 0 aromatic carbocycles. The van der Waals surface area contributed by atoms with Crippen molar-refractivity contribution < 1.29 is 0 Å². The Morgan fingerprint density at radius 3 is 3.08 bits per heavy atom. The zero-order valence-corrected chi connectivity index (χ0v) is 7.82. The summed E-state index contributed by atoms with van der Waals surface area (Å²) in [4.78, 5) is 4.29. The van der Waals surface area contributed by atoms with Gasteiger partial charge in [0.1, 0.15) is 5.82 Å². The van der Waals surface area contributed by atoms with Crippen LogP contribution < -0.4 is 5.32 Å². The molecule has 1 aliphatic rings. The lowest BCUT2D eigenvalue weighted by Crippen LogP contribution is -2.31. The highest BCUT2D eigenvalue weighted by molar-refractivity contribution is 7.99. The quantitative estimate of drug-likeness (QED) is 0.667. The Morgan fingerprint density at radius 1 is 1.58 bits per heavy atom. The molecule has 1 unspecified atom stereocenters. The largest absolute Gasteiger partial charge is 0.306 e. The van der Waals surface area contributed by atoms with Crippen LogP contribution in [0.4, 0.5) is 0 Å². The molecular weight excluding hydrogens is 172 g/mol. The zero-order chi connectivity index (χ0) is 8.39. The topological polar surface area (TPSA) is 53.6 Å². The van der Waals surface area contributed by atoms with Crippen molar-refractivity contribution in [2.45, 2.75) is 13.0 Å². The molecule has 2 rings (SSSR count). The molecular formula is C7H12N4S. The first-order chi connectivity index (χ1) is 5.86. The van der Waals surface area contributed by atoms with Crippen molar-refractivity contribution in [3.8, 4) is 0 Å². The van der Waals surface area contributed by atoms with Gasteiger partial charge in [0, 0.05) is 18.1 Å². The van der Waals surface area contributed by atoms with Crippen LogP contribution in [-0.4, -0.2) is 33.2 Å². The van der Waals surface area contributed by atoms with Gasteiger partial charge in [0.15, 0.2) is 5.82 Å². The van der Waals surface area contributed by atoms with Crippen molar-refractivity contribution in [1.29, 1.82) is 0 Å². The maximum absolute atomic E-state index is 4.29. The smallest absolute Gasteiger partial charge is 0.168 e. The second kappa shape index (κ2) is 3.45. The third-order valence-corrected chi connectivity index (χ3v) is 2.91. The van der Waals surface area contributed by atoms with Gasteiger partial charge in [-0.2, -0.15) is 16.9 Å². The van der Waals surface area contributed by atoms with Crippen LogP contribution in [0, 0.1) is 6.92 Å². The van der Waals surface area contributed by atoms with Crippen LogP contribution in [0.3, 0.4) is 0 Å². The van der Waals surface area contributed by atoms with E-state index >= 15 is 0 Å². The number of aromatic amines is 1. The fraction of sp³-hybridized carbons (Fsp3) is 0.714. The minimum Gasteiger partial charge on any atom is -0.306 e. The number of nitrogens with zero attached hydrogens (tertiary/aromatic N) is 2. The number of thioether (sulfide) groups is 1. The van der Waals surface area contributed by atoms with Crippen molar-refractivity contribution >= 4 is 11.8 Å². The van der Waals surface area contributed by atoms with E-state index in [1.165, 1.54) is 5.75 Å². The van der Waals surface area contributed by atoms with Gasteiger partial charge in [-0.05, 0) is 6.92 Å². The number of aryl methyl sites for hydroxylation is 1. The summed E-state index contributed by atoms with van der Waals surface area (Å²) in [5, 5.41) is 10.4. The first kappa shape index (κ1) is 8.07. The van der Waals surface area contributed by atoms with Gasteiger partial charge in [-0.25, -0.2) is 4.98 Å². The summed E-state index contributed by atoms with van der Waals surface area (Å²) in [6.07, 6.45) is 0. The normalized spacial score (nSPS) is 24.2. The Labute approximate surface area is 75.5 Å². The van der Waals surface area contributed by atoms with Gasteiger partial charge < -0.3 is 5.32 Å². The Kier molecular flexibility index (Phi) is 2.32. The molecule has 1 atom stereocenters. The molecule has 2 N–H and O–H groups in total. The highest BCUT2D eigenvalue weighted by Crippen LogP contribution is 2.18. The summed E-state index contributed by atoms with van der Waals surface area (Å²) in [6.45, 7) is 2.98. The Balaban J connectivity index is 2.08. The number of hydrogen-bond donors (Lipinski definition) is 2. The van der Waals surface area contributed by atoms with Gasteiger partial charge in [0.05, 0.1) is 6.04 Å². The van der Waals surface area contributed by atoms with E-state index in [9.17, 15) is 0 Å². The summed E-state index contributed by atoms with van der Waals surface area (Å²) in [7, 11) is 0. The predicted molar refractivity (Wildman–Crippen MR) is 49.2 cm³/mol. The van der Waals surface area contributed by atoms with Crippen molar-refractivity contribution in [1.82, 2.24) is 20.5 Å². The summed E-state index contributed by atoms with van der Waals surface area (Å²) in [6, 6.07) is 0.341. The third kappa shape index (κ3) is 1.61. The van der Waals surface area contributed by atoms with Crippen molar-refractivity contribution in [2.75, 3.05) is 18.1 Å². The molecule has 0 amide bonds. The minimum atomic E-state index is 0.341. The maximum atomic E-state index is 4.29. The third-order valence-electron chi connectivity index (χ3n) is 1.85. The first-order valence-corrected chi connectivity index (χ1v) is 5.22. The van der Waals surface area contributed by atoms with Gasteiger partial charge in [0.2, 0.25) is 0 Å². The standard InChI is InChI=1S/C7H12N4S/c1-5-9-7(11-10-5)6-4-12-3-2-8-6/h6,8H,2-4H2,1H3,(H,9,10,11). The van der Waals surface area contributed by atoms with Crippen LogP contribution in [0.5, 0.6) is 0 Å². The van der Waals surface area contributed by atoms with Crippen molar-refractivity contribution in [3.05, 3.63) is 11.6 Å². The maximum Gasteiger partial charge on any atom is 0.168 e. The highest BCUT2D eigenvalue weighted by Gasteiger charge is 2.18. The second-order valence-corrected chi connectivity index (χ2v) is 4.01. The number of hydrogen-bond acceptors (Lipinski definition) is 4. The highest BCUT2D eigenvalue weighted by atomic mass is 32.2. The second-order valence-electron chi connectivity index (χ2n) is 2.86. The van der Waals surface area contributed by atoms with E-state index in [1.807, 2.05) is 18.7 Å². The monoisotopic (exact) mass is 184 g/mol. The minimum absolute atomic E-state index is 0.341. The molecule has 1 saturated heterocycles. The van der Waals surface area contributed by atoms with Crippen LogP contribution >= 0.6 is 11.8 Å². The Hall–Kier alpha value is -0.550. The summed E-state index contributed by atoms with van der Waals surface area (Å²) in [5.41, 5.74) is 0. The first-order valence-electron chi connectivity index (χ1n) is 4.06. The van der Waals surface area contributed by atoms with Crippen molar-refractivity contribution in [3.63, 3.8) is 0 Å². The van der Waals surface area contributed by atoms with Gasteiger partial charge in [-0.1, -0.05) is 0 Å². The van der Waals surface area contributed by atoms with Crippen LogP contribution in [-0.2, 0) is 0 Å². The molecule has 1 fully saturated rings. The lowest BCUT2D eigenvalue weighted by atomic mass is 10.3. The average molecular weight is 184 g/mol. The molecule has 1 aromatic rings. The van der Waals surface area contributed by atoms with E-state index in [-0.39, 0.29) is 0 Å². The lowest BCUT2D eigenvalue weighted by Gasteiger charge is -2.19. The Bertz CT molecular complexity index is 254. The Morgan fingerprint density at radius 2 is 2.50 bits per heavy atom. The molecule has 2 heterocycles. The van der Waals surface area contributed by atoms with E-state index < -0.39 is 0 Å². The fourth-order valence-electron chi connectivity index (χ4n) is 1.25. The number of H-pyrrole nitrogens is 1. The molecule has 0 spiro atoms. The van der Waals surface area contributed by atoms with Crippen LogP contribution in [0.2, 0.25) is 0 Å². The predicted octanol–water partition coefficient (Wildman–Crippen LogP) is 0.491. The van der Waals surface area contributed by atoms with Gasteiger partial charge >= 0.3 is 0 Å². The van der Waals surface area contributed by atoms with E-state index in [1.54, 1.807) is 0 Å². The van der Waals surface area contributed by atoms with E-state index in [4.69, 9.17) is 0 Å². The molecule has 66 valence electrons. The SMILES string of the molecule is Cc1nc(C2CSCCN2)n[nH]1. The number of aromatic nitrogens is 3. The molecule has 5 heteroatoms. The van der Waals surface area contributed by atoms with E-state index in [0.29, 0.717) is 6.04 Å². The molecule has 0 bridgehead atoms. The number of rotatable bonds is 1. The molecule has 12 heavy (non-hydrogen) atoms. The zero-order valence-electron chi connectivity index (χ0n) is 7.00. The fourth-order valence-corrected chi connectivity index (χ4v) is 2.18. The van der Waals surface area contributed by atoms with Crippen LogP contribution in [0.1, 0.15) is 17.7 Å². The molecule has 0 radical (unpaired) electrons. The van der Waals surface area contributed by atoms with Crippen molar-refractivity contribution in [2.24, 2.45) is 0 Å². The van der Waals surface area contributed by atoms with E-state index in [0.717, 1.165) is 23.9 Å². The average Bonchev–Trinajstić information content (AvgIpc) is 2.54. The molecule has 0 saturated carbocycles. The number of nitrogens with one attached hydrogen (secondary N) is 2. The summed E-state index contributed by atoms with van der Waals surface area (Å²) >= 11 is 1.95. The van der Waals surface area contributed by atoms with Gasteiger partial charge in [-0.15, -0.1) is 0 Å². The molecule has 1 aromatic heterocycles. The van der Waals surface area contributed by atoms with Gasteiger partial charge in [-0.3, -0.25) is 5.10 Å². The van der Waals surface area contributed by atoms with Gasteiger partial charge in [0.25, 0.3) is 0 Å². The molecule has 1 aliphatic heterocycles. The van der Waals surface area contributed by atoms with E-state index in [2.05, 4.69) is 20.5 Å².